The Bertz CT molecular complexity index is 689. The standard InChI is InChI=1S/C12H15FN2O2S/c1-8(2)6-10-12(18(13,16)17)15-7-9(3)4-5-11(15)14-10/h4-5,7-8H,6H2,1-3H3. The molecule has 0 saturated heterocycles. The van der Waals surface area contributed by atoms with Gasteiger partial charge < -0.3 is 0 Å². The zero-order valence-electron chi connectivity index (χ0n) is 10.5. The summed E-state index contributed by atoms with van der Waals surface area (Å²) in [7, 11) is -4.78. The van der Waals surface area contributed by atoms with Crippen molar-refractivity contribution in [2.75, 3.05) is 0 Å². The quantitative estimate of drug-likeness (QED) is 0.805. The third-order valence-corrected chi connectivity index (χ3v) is 3.52. The molecule has 0 aliphatic rings. The summed E-state index contributed by atoms with van der Waals surface area (Å²) in [6.45, 7) is 5.68. The van der Waals surface area contributed by atoms with Crippen LogP contribution in [0, 0.1) is 12.8 Å². The van der Waals surface area contributed by atoms with Gasteiger partial charge in [0.25, 0.3) is 0 Å². The normalized spacial score (nSPS) is 12.5. The second-order valence-electron chi connectivity index (χ2n) is 4.83. The fraction of sp³-hybridized carbons (Fsp3) is 0.417. The van der Waals surface area contributed by atoms with E-state index in [1.807, 2.05) is 26.8 Å². The summed E-state index contributed by atoms with van der Waals surface area (Å²) in [5.74, 6) is 0.205. The molecule has 0 atom stereocenters. The number of aryl methyl sites for hydroxylation is 1. The van der Waals surface area contributed by atoms with E-state index >= 15 is 0 Å². The van der Waals surface area contributed by atoms with Gasteiger partial charge in [-0.3, -0.25) is 4.40 Å². The van der Waals surface area contributed by atoms with Crippen molar-refractivity contribution in [2.24, 2.45) is 5.92 Å². The van der Waals surface area contributed by atoms with Crippen LogP contribution in [0.5, 0.6) is 0 Å². The Hall–Kier alpha value is -1.43. The summed E-state index contributed by atoms with van der Waals surface area (Å²) in [6, 6.07) is 3.50. The van der Waals surface area contributed by atoms with Crippen LogP contribution in [0.3, 0.4) is 0 Å². The van der Waals surface area contributed by atoms with Gasteiger partial charge >= 0.3 is 10.2 Å². The molecule has 0 unspecified atom stereocenters. The van der Waals surface area contributed by atoms with Gasteiger partial charge in [-0.2, -0.15) is 8.42 Å². The van der Waals surface area contributed by atoms with E-state index in [0.29, 0.717) is 12.1 Å². The monoisotopic (exact) mass is 270 g/mol. The lowest BCUT2D eigenvalue weighted by Crippen LogP contribution is -2.04. The molecule has 0 aliphatic heterocycles. The Morgan fingerprint density at radius 3 is 2.61 bits per heavy atom. The Kier molecular flexibility index (Phi) is 3.14. The second-order valence-corrected chi connectivity index (χ2v) is 6.10. The largest absolute Gasteiger partial charge is 0.350 e. The maximum absolute atomic E-state index is 13.4. The smallest absolute Gasteiger partial charge is 0.288 e. The van der Waals surface area contributed by atoms with Crippen LogP contribution in [0.25, 0.3) is 5.65 Å². The number of imidazole rings is 1. The third kappa shape index (κ3) is 2.38. The van der Waals surface area contributed by atoms with Crippen molar-refractivity contribution in [1.82, 2.24) is 9.38 Å². The Morgan fingerprint density at radius 2 is 2.06 bits per heavy atom. The number of hydrogen-bond acceptors (Lipinski definition) is 3. The highest BCUT2D eigenvalue weighted by Crippen LogP contribution is 2.23. The number of rotatable bonds is 3. The molecule has 0 aliphatic carbocycles. The van der Waals surface area contributed by atoms with Crippen LogP contribution in [0.1, 0.15) is 25.1 Å². The van der Waals surface area contributed by atoms with Crippen LogP contribution in [-0.2, 0) is 16.6 Å². The highest BCUT2D eigenvalue weighted by Gasteiger charge is 2.24. The van der Waals surface area contributed by atoms with Crippen LogP contribution >= 0.6 is 0 Å². The zero-order valence-corrected chi connectivity index (χ0v) is 11.3. The van der Waals surface area contributed by atoms with Gasteiger partial charge in [-0.15, -0.1) is 0 Å². The third-order valence-electron chi connectivity index (χ3n) is 2.62. The predicted molar refractivity (Wildman–Crippen MR) is 66.8 cm³/mol. The summed E-state index contributed by atoms with van der Waals surface area (Å²) in [5, 5.41) is -0.338. The number of nitrogens with zero attached hydrogens (tertiary/aromatic N) is 2. The fourth-order valence-corrected chi connectivity index (χ4v) is 2.75. The maximum atomic E-state index is 13.4. The molecule has 0 saturated carbocycles. The molecular formula is C12H15FN2O2S. The number of aromatic nitrogens is 2. The molecule has 6 heteroatoms. The molecule has 2 aromatic heterocycles. The first-order valence-corrected chi connectivity index (χ1v) is 7.09. The van der Waals surface area contributed by atoms with Gasteiger partial charge in [0.05, 0.1) is 5.69 Å². The van der Waals surface area contributed by atoms with Crippen molar-refractivity contribution >= 4 is 15.9 Å². The van der Waals surface area contributed by atoms with E-state index < -0.39 is 10.2 Å². The molecule has 18 heavy (non-hydrogen) atoms. The van der Waals surface area contributed by atoms with Crippen LogP contribution in [0.4, 0.5) is 3.89 Å². The molecule has 0 bridgehead atoms. The fourth-order valence-electron chi connectivity index (χ4n) is 1.96. The number of halogens is 1. The first-order valence-electron chi connectivity index (χ1n) is 5.71. The van der Waals surface area contributed by atoms with Crippen molar-refractivity contribution in [1.29, 1.82) is 0 Å². The van der Waals surface area contributed by atoms with Crippen molar-refractivity contribution < 1.29 is 12.3 Å². The lowest BCUT2D eigenvalue weighted by Gasteiger charge is -2.03. The van der Waals surface area contributed by atoms with Gasteiger partial charge in [0.15, 0.2) is 5.03 Å². The molecule has 0 amide bonds. The summed E-state index contributed by atoms with van der Waals surface area (Å²) < 4.78 is 37.3. The van der Waals surface area contributed by atoms with E-state index in [-0.39, 0.29) is 16.6 Å². The minimum Gasteiger partial charge on any atom is -0.288 e. The molecule has 0 radical (unpaired) electrons. The highest BCUT2D eigenvalue weighted by molar-refractivity contribution is 7.86. The van der Waals surface area contributed by atoms with E-state index in [1.54, 1.807) is 12.3 Å². The van der Waals surface area contributed by atoms with E-state index in [9.17, 15) is 12.3 Å². The van der Waals surface area contributed by atoms with E-state index in [2.05, 4.69) is 4.98 Å². The van der Waals surface area contributed by atoms with Gasteiger partial charge in [-0.1, -0.05) is 23.8 Å². The summed E-state index contributed by atoms with van der Waals surface area (Å²) in [6.07, 6.45) is 2.01. The Morgan fingerprint density at radius 1 is 1.39 bits per heavy atom. The van der Waals surface area contributed by atoms with Crippen molar-refractivity contribution in [2.45, 2.75) is 32.2 Å². The molecule has 98 valence electrons. The average molecular weight is 270 g/mol. The molecule has 4 nitrogen and oxygen atoms in total. The van der Waals surface area contributed by atoms with Crippen LogP contribution in [0.2, 0.25) is 0 Å². The van der Waals surface area contributed by atoms with Gasteiger partial charge in [-0.05, 0) is 30.9 Å². The molecule has 2 rings (SSSR count). The average Bonchev–Trinajstić information content (AvgIpc) is 2.52. The number of fused-ring (bicyclic) bond motifs is 1. The van der Waals surface area contributed by atoms with Crippen molar-refractivity contribution in [3.8, 4) is 0 Å². The SMILES string of the molecule is Cc1ccc2nc(CC(C)C)c(S(=O)(=O)F)n2c1. The number of hydrogen-bond donors (Lipinski definition) is 0. The molecule has 0 aromatic carbocycles. The zero-order chi connectivity index (χ0) is 13.5. The molecular weight excluding hydrogens is 255 g/mol. The first kappa shape index (κ1) is 13.0. The van der Waals surface area contributed by atoms with E-state index in [1.165, 1.54) is 4.40 Å². The van der Waals surface area contributed by atoms with Crippen LogP contribution in [0.15, 0.2) is 23.4 Å². The van der Waals surface area contributed by atoms with Gasteiger partial charge in [0.1, 0.15) is 5.65 Å². The highest BCUT2D eigenvalue weighted by atomic mass is 32.3. The van der Waals surface area contributed by atoms with E-state index in [0.717, 1.165) is 5.56 Å². The maximum Gasteiger partial charge on any atom is 0.350 e. The summed E-state index contributed by atoms with van der Waals surface area (Å²) in [4.78, 5) is 4.20. The number of pyridine rings is 1. The van der Waals surface area contributed by atoms with Crippen LogP contribution in [-0.4, -0.2) is 17.8 Å². The molecule has 0 fully saturated rings. The lowest BCUT2D eigenvalue weighted by atomic mass is 10.1. The summed E-state index contributed by atoms with van der Waals surface area (Å²) in [5.41, 5.74) is 1.59. The molecule has 0 N–H and O–H groups in total. The second kappa shape index (κ2) is 4.35. The topological polar surface area (TPSA) is 51.4 Å². The minimum atomic E-state index is -4.78. The molecule has 0 spiro atoms. The Balaban J connectivity index is 2.78. The predicted octanol–water partition coefficient (Wildman–Crippen LogP) is 2.50. The Labute approximate surface area is 106 Å². The van der Waals surface area contributed by atoms with Crippen molar-refractivity contribution in [3.05, 3.63) is 29.6 Å². The summed E-state index contributed by atoms with van der Waals surface area (Å²) >= 11 is 0. The molecule has 2 aromatic rings. The van der Waals surface area contributed by atoms with E-state index in [4.69, 9.17) is 0 Å². The minimum absolute atomic E-state index is 0.205. The van der Waals surface area contributed by atoms with Gasteiger partial charge in [0.2, 0.25) is 0 Å². The van der Waals surface area contributed by atoms with Gasteiger partial charge in [0, 0.05) is 6.20 Å². The van der Waals surface area contributed by atoms with Crippen LogP contribution < -0.4 is 0 Å². The lowest BCUT2D eigenvalue weighted by molar-refractivity contribution is 0.541. The molecule has 2 heterocycles. The van der Waals surface area contributed by atoms with Gasteiger partial charge in [-0.25, -0.2) is 4.98 Å². The first-order chi connectivity index (χ1) is 8.29. The van der Waals surface area contributed by atoms with Crippen molar-refractivity contribution in [3.63, 3.8) is 0 Å².